The Morgan fingerprint density at radius 2 is 1.68 bits per heavy atom. The molecule has 0 aliphatic carbocycles. The van der Waals surface area contributed by atoms with E-state index < -0.39 is 35.7 Å². The number of hydrogen-bond acceptors (Lipinski definition) is 7. The molecule has 0 saturated carbocycles. The Kier molecular flexibility index (Phi) is 14.2. The van der Waals surface area contributed by atoms with Gasteiger partial charge in [0.25, 0.3) is 0 Å². The summed E-state index contributed by atoms with van der Waals surface area (Å²) in [6.45, 7) is 13.4. The van der Waals surface area contributed by atoms with E-state index in [1.54, 1.807) is 39.5 Å². The Bertz CT molecular complexity index is 927. The lowest BCUT2D eigenvalue weighted by Crippen LogP contribution is -2.53. The summed E-state index contributed by atoms with van der Waals surface area (Å²) in [5, 5.41) is 5.54. The highest BCUT2D eigenvalue weighted by atomic mass is 32.2. The Labute approximate surface area is 231 Å². The van der Waals surface area contributed by atoms with Gasteiger partial charge in [0, 0.05) is 13.1 Å². The van der Waals surface area contributed by atoms with E-state index in [2.05, 4.69) is 10.6 Å². The molecule has 1 rings (SSSR count). The van der Waals surface area contributed by atoms with Crippen LogP contribution in [0.4, 0.5) is 4.79 Å². The smallest absolute Gasteiger partial charge is 0.408 e. The summed E-state index contributed by atoms with van der Waals surface area (Å²) in [4.78, 5) is 53.5. The molecule has 2 atom stereocenters. The molecule has 0 saturated heterocycles. The maximum absolute atomic E-state index is 14.0. The predicted molar refractivity (Wildman–Crippen MR) is 151 cm³/mol. The van der Waals surface area contributed by atoms with Crippen LogP contribution < -0.4 is 10.6 Å². The van der Waals surface area contributed by atoms with E-state index in [1.165, 1.54) is 4.90 Å². The molecule has 0 spiro atoms. The second-order valence-electron chi connectivity index (χ2n) is 10.2. The van der Waals surface area contributed by atoms with Gasteiger partial charge in [-0.1, -0.05) is 36.2 Å². The lowest BCUT2D eigenvalue weighted by molar-refractivity contribution is -0.144. The number of rotatable bonds is 14. The average Bonchev–Trinajstić information content (AvgIpc) is 2.79. The van der Waals surface area contributed by atoms with Crippen molar-refractivity contribution in [2.75, 3.05) is 31.7 Å². The number of alkyl carbamates (subject to hydrolysis) is 1. The van der Waals surface area contributed by atoms with Crippen LogP contribution in [0.5, 0.6) is 0 Å². The van der Waals surface area contributed by atoms with Gasteiger partial charge < -0.3 is 25.0 Å². The lowest BCUT2D eigenvalue weighted by Gasteiger charge is -2.34. The zero-order valence-electron chi connectivity index (χ0n) is 24.1. The number of carbonyl (C=O) groups excluding carboxylic acids is 4. The molecule has 2 N–H and O–H groups in total. The topological polar surface area (TPSA) is 114 Å². The third-order valence-corrected chi connectivity index (χ3v) is 6.04. The maximum atomic E-state index is 14.0. The number of esters is 1. The van der Waals surface area contributed by atoms with Crippen molar-refractivity contribution in [2.24, 2.45) is 0 Å². The third-order valence-electron chi connectivity index (χ3n) is 5.40. The Balaban J connectivity index is 3.39. The summed E-state index contributed by atoms with van der Waals surface area (Å²) in [6, 6.07) is 3.95. The fraction of sp³-hybridized carbons (Fsp3) is 0.643. The molecule has 1 aromatic carbocycles. The Morgan fingerprint density at radius 1 is 1.05 bits per heavy atom. The molecule has 0 aromatic heterocycles. The first-order valence-electron chi connectivity index (χ1n) is 13.1. The molecule has 38 heavy (non-hydrogen) atoms. The second-order valence-corrected chi connectivity index (χ2v) is 11.2. The zero-order chi connectivity index (χ0) is 28.9. The van der Waals surface area contributed by atoms with Crippen LogP contribution in [-0.2, 0) is 23.9 Å². The van der Waals surface area contributed by atoms with Crippen LogP contribution in [-0.4, -0.2) is 72.1 Å². The van der Waals surface area contributed by atoms with Crippen LogP contribution in [0.25, 0.3) is 0 Å². The fourth-order valence-corrected chi connectivity index (χ4v) is 4.48. The number of nitrogens with zero attached hydrogens (tertiary/aromatic N) is 1. The summed E-state index contributed by atoms with van der Waals surface area (Å²) in [5.41, 5.74) is 1.86. The van der Waals surface area contributed by atoms with Crippen LogP contribution in [0, 0.1) is 13.8 Å². The van der Waals surface area contributed by atoms with Crippen LogP contribution >= 0.6 is 11.8 Å². The largest absolute Gasteiger partial charge is 0.466 e. The normalized spacial score (nSPS) is 12.7. The van der Waals surface area contributed by atoms with E-state index in [4.69, 9.17) is 9.47 Å². The minimum atomic E-state index is -0.944. The van der Waals surface area contributed by atoms with Crippen molar-refractivity contribution >= 4 is 35.6 Å². The summed E-state index contributed by atoms with van der Waals surface area (Å²) in [7, 11) is 0. The maximum Gasteiger partial charge on any atom is 0.408 e. The number of thioether (sulfide) groups is 1. The second kappa shape index (κ2) is 16.3. The standard InChI is InChI=1S/C28H45N3O6S/c1-9-14-31(26(34)22(12-15-38-8)30-27(35)37-28(5,6)7)24(21-17-19(3)16-20(4)18-21)25(33)29-13-11-23(32)36-10-2/h16-18,22,24H,9-15H2,1-8H3,(H,29,33)(H,30,35). The highest BCUT2D eigenvalue weighted by molar-refractivity contribution is 7.98. The van der Waals surface area contributed by atoms with Gasteiger partial charge >= 0.3 is 12.1 Å². The van der Waals surface area contributed by atoms with E-state index in [-0.39, 0.29) is 25.5 Å². The Morgan fingerprint density at radius 3 is 2.21 bits per heavy atom. The van der Waals surface area contributed by atoms with Crippen LogP contribution in [0.2, 0.25) is 0 Å². The zero-order valence-corrected chi connectivity index (χ0v) is 25.0. The van der Waals surface area contributed by atoms with Gasteiger partial charge in [0.1, 0.15) is 17.7 Å². The fourth-order valence-electron chi connectivity index (χ4n) is 4.01. The summed E-state index contributed by atoms with van der Waals surface area (Å²) in [5.74, 6) is -0.541. The van der Waals surface area contributed by atoms with Crippen molar-refractivity contribution < 1.29 is 28.7 Å². The van der Waals surface area contributed by atoms with Crippen LogP contribution in [0.1, 0.15) is 76.6 Å². The first-order valence-corrected chi connectivity index (χ1v) is 14.5. The van der Waals surface area contributed by atoms with Gasteiger partial charge in [-0.05, 0) is 72.0 Å². The molecule has 3 amide bonds. The van der Waals surface area contributed by atoms with Crippen molar-refractivity contribution in [3.05, 3.63) is 34.9 Å². The van der Waals surface area contributed by atoms with E-state index in [9.17, 15) is 19.2 Å². The number of ether oxygens (including phenoxy) is 2. The molecular formula is C28H45N3O6S. The van der Waals surface area contributed by atoms with E-state index >= 15 is 0 Å². The van der Waals surface area contributed by atoms with E-state index in [1.807, 2.05) is 45.2 Å². The number of nitrogens with one attached hydrogen (secondary N) is 2. The van der Waals surface area contributed by atoms with Crippen molar-refractivity contribution in [3.63, 3.8) is 0 Å². The van der Waals surface area contributed by atoms with Crippen molar-refractivity contribution in [2.45, 2.75) is 85.4 Å². The lowest BCUT2D eigenvalue weighted by atomic mass is 9.98. The summed E-state index contributed by atoms with van der Waals surface area (Å²) < 4.78 is 10.4. The molecular weight excluding hydrogens is 506 g/mol. The SMILES string of the molecule is CCCN(C(=O)C(CCSC)NC(=O)OC(C)(C)C)C(C(=O)NCCC(=O)OCC)c1cc(C)cc(C)c1. The first kappa shape index (κ1) is 33.3. The molecule has 0 heterocycles. The molecule has 0 aliphatic heterocycles. The van der Waals surface area contributed by atoms with Gasteiger partial charge in [0.15, 0.2) is 0 Å². The van der Waals surface area contributed by atoms with Gasteiger partial charge in [-0.2, -0.15) is 11.8 Å². The third kappa shape index (κ3) is 11.8. The molecule has 10 heteroatoms. The van der Waals surface area contributed by atoms with Gasteiger partial charge in [-0.25, -0.2) is 4.79 Å². The van der Waals surface area contributed by atoms with Crippen molar-refractivity contribution in [1.29, 1.82) is 0 Å². The molecule has 0 radical (unpaired) electrons. The molecule has 0 aliphatic rings. The van der Waals surface area contributed by atoms with Gasteiger partial charge in [-0.15, -0.1) is 0 Å². The van der Waals surface area contributed by atoms with Crippen molar-refractivity contribution in [1.82, 2.24) is 15.5 Å². The molecule has 1 aromatic rings. The average molecular weight is 552 g/mol. The number of hydrogen-bond donors (Lipinski definition) is 2. The Hall–Kier alpha value is -2.75. The van der Waals surface area contributed by atoms with Crippen LogP contribution in [0.15, 0.2) is 18.2 Å². The predicted octanol–water partition coefficient (Wildman–Crippen LogP) is 4.30. The summed E-state index contributed by atoms with van der Waals surface area (Å²) >= 11 is 1.56. The monoisotopic (exact) mass is 551 g/mol. The minimum Gasteiger partial charge on any atom is -0.466 e. The molecule has 0 fully saturated rings. The van der Waals surface area contributed by atoms with Gasteiger partial charge in [0.2, 0.25) is 11.8 Å². The number of carbonyl (C=O) groups is 4. The van der Waals surface area contributed by atoms with Crippen LogP contribution in [0.3, 0.4) is 0 Å². The van der Waals surface area contributed by atoms with Gasteiger partial charge in [0.05, 0.1) is 13.0 Å². The number of amides is 3. The highest BCUT2D eigenvalue weighted by Crippen LogP contribution is 2.26. The highest BCUT2D eigenvalue weighted by Gasteiger charge is 2.36. The molecule has 9 nitrogen and oxygen atoms in total. The minimum absolute atomic E-state index is 0.0252. The molecule has 214 valence electrons. The number of benzene rings is 1. The number of aryl methyl sites for hydroxylation is 2. The van der Waals surface area contributed by atoms with Gasteiger partial charge in [-0.3, -0.25) is 14.4 Å². The van der Waals surface area contributed by atoms with E-state index in [0.717, 1.165) is 11.1 Å². The van der Waals surface area contributed by atoms with E-state index in [0.29, 0.717) is 30.7 Å². The van der Waals surface area contributed by atoms with Crippen molar-refractivity contribution in [3.8, 4) is 0 Å². The summed E-state index contributed by atoms with van der Waals surface area (Å²) in [6.07, 6.45) is 2.25. The first-order chi connectivity index (χ1) is 17.8. The quantitative estimate of drug-likeness (QED) is 0.331. The molecule has 2 unspecified atom stereocenters. The molecule has 0 bridgehead atoms.